The number of halogens is 2. The van der Waals surface area contributed by atoms with Crippen LogP contribution in [0.3, 0.4) is 0 Å². The van der Waals surface area contributed by atoms with Crippen molar-refractivity contribution >= 4 is 17.3 Å². The Bertz CT molecular complexity index is 535. The van der Waals surface area contributed by atoms with E-state index in [2.05, 4.69) is 5.32 Å². The van der Waals surface area contributed by atoms with E-state index in [0.717, 1.165) is 0 Å². The molecule has 1 aliphatic carbocycles. The smallest absolute Gasteiger partial charge is 0.311 e. The fourth-order valence-electron chi connectivity index (χ4n) is 1.71. The fourth-order valence-corrected chi connectivity index (χ4v) is 1.71. The van der Waals surface area contributed by atoms with Crippen LogP contribution in [0.15, 0.2) is 12.1 Å². The van der Waals surface area contributed by atoms with Crippen molar-refractivity contribution in [3.63, 3.8) is 0 Å². The maximum Gasteiger partial charge on any atom is 0.311 e. The van der Waals surface area contributed by atoms with Crippen molar-refractivity contribution < 1.29 is 23.6 Å². The summed E-state index contributed by atoms with van der Waals surface area (Å²) in [5.74, 6) is -3.26. The van der Waals surface area contributed by atoms with Gasteiger partial charge in [0.15, 0.2) is 11.6 Å². The molecule has 6 nitrogen and oxygen atoms in total. The van der Waals surface area contributed by atoms with Crippen LogP contribution < -0.4 is 5.32 Å². The van der Waals surface area contributed by atoms with E-state index in [1.165, 1.54) is 0 Å². The standard InChI is InChI=1S/C11H10F2N2O4/c12-7-3-6(15(18)19)4-8(13)9(7)14-5-11(1-2-11)10(16)17/h3-4,14H,1-2,5H2,(H,16,17). The van der Waals surface area contributed by atoms with Gasteiger partial charge in [0.2, 0.25) is 0 Å². The Morgan fingerprint density at radius 2 is 1.95 bits per heavy atom. The molecule has 0 radical (unpaired) electrons. The molecule has 1 aliphatic rings. The van der Waals surface area contributed by atoms with Crippen molar-refractivity contribution in [1.29, 1.82) is 0 Å². The molecule has 0 atom stereocenters. The monoisotopic (exact) mass is 272 g/mol. The Hall–Kier alpha value is -2.25. The van der Waals surface area contributed by atoms with Crippen LogP contribution in [0, 0.1) is 27.2 Å². The third kappa shape index (κ3) is 2.47. The topological polar surface area (TPSA) is 92.5 Å². The number of non-ortho nitro benzene ring substituents is 1. The Kier molecular flexibility index (Phi) is 3.09. The molecule has 0 saturated heterocycles. The third-order valence-corrected chi connectivity index (χ3v) is 3.15. The molecular weight excluding hydrogens is 262 g/mol. The first kappa shape index (κ1) is 13.2. The molecule has 1 fully saturated rings. The predicted octanol–water partition coefficient (Wildman–Crippen LogP) is 2.15. The van der Waals surface area contributed by atoms with E-state index < -0.39 is 39.3 Å². The number of hydrogen-bond donors (Lipinski definition) is 2. The molecule has 0 spiro atoms. The minimum absolute atomic E-state index is 0.117. The van der Waals surface area contributed by atoms with Crippen LogP contribution >= 0.6 is 0 Å². The number of nitro groups is 1. The Labute approximate surface area is 106 Å². The predicted molar refractivity (Wildman–Crippen MR) is 60.8 cm³/mol. The first-order valence-corrected chi connectivity index (χ1v) is 5.46. The number of aliphatic carboxylic acids is 1. The summed E-state index contributed by atoms with van der Waals surface area (Å²) in [6.45, 7) is -0.117. The number of rotatable bonds is 5. The van der Waals surface area contributed by atoms with Gasteiger partial charge in [-0.15, -0.1) is 0 Å². The zero-order chi connectivity index (χ0) is 14.2. The highest BCUT2D eigenvalue weighted by Gasteiger charge is 2.50. The van der Waals surface area contributed by atoms with Gasteiger partial charge in [0.05, 0.1) is 22.5 Å². The van der Waals surface area contributed by atoms with Gasteiger partial charge in [-0.05, 0) is 12.8 Å². The minimum atomic E-state index is -1.12. The molecule has 0 amide bonds. The maximum atomic E-state index is 13.5. The van der Waals surface area contributed by atoms with Crippen LogP contribution in [0.1, 0.15) is 12.8 Å². The number of nitro benzene ring substituents is 1. The second-order valence-electron chi connectivity index (χ2n) is 4.48. The number of nitrogens with zero attached hydrogens (tertiary/aromatic N) is 1. The molecule has 0 aliphatic heterocycles. The minimum Gasteiger partial charge on any atom is -0.481 e. The molecule has 1 aromatic rings. The first-order valence-electron chi connectivity index (χ1n) is 5.46. The summed E-state index contributed by atoms with van der Waals surface area (Å²) in [4.78, 5) is 20.4. The van der Waals surface area contributed by atoms with E-state index in [0.29, 0.717) is 25.0 Å². The van der Waals surface area contributed by atoms with Crippen LogP contribution in [-0.2, 0) is 4.79 Å². The van der Waals surface area contributed by atoms with Crippen LogP contribution in [0.2, 0.25) is 0 Å². The zero-order valence-electron chi connectivity index (χ0n) is 9.65. The van der Waals surface area contributed by atoms with Gasteiger partial charge in [0, 0.05) is 6.54 Å². The lowest BCUT2D eigenvalue weighted by Crippen LogP contribution is -2.25. The normalized spacial score (nSPS) is 15.9. The fraction of sp³-hybridized carbons (Fsp3) is 0.364. The summed E-state index contributed by atoms with van der Waals surface area (Å²) in [5.41, 5.74) is -2.22. The molecule has 0 heterocycles. The number of nitrogens with one attached hydrogen (secondary N) is 1. The molecule has 1 saturated carbocycles. The summed E-state index contributed by atoms with van der Waals surface area (Å²) in [5, 5.41) is 21.7. The average Bonchev–Trinajstić information content (AvgIpc) is 3.08. The first-order chi connectivity index (χ1) is 8.85. The van der Waals surface area contributed by atoms with Crippen molar-refractivity contribution in [2.75, 3.05) is 11.9 Å². The van der Waals surface area contributed by atoms with Crippen molar-refractivity contribution in [2.45, 2.75) is 12.8 Å². The average molecular weight is 272 g/mol. The van der Waals surface area contributed by atoms with E-state index in [1.54, 1.807) is 0 Å². The number of anilines is 1. The van der Waals surface area contributed by atoms with Crippen LogP contribution in [0.5, 0.6) is 0 Å². The van der Waals surface area contributed by atoms with Gasteiger partial charge in [-0.2, -0.15) is 0 Å². The SMILES string of the molecule is O=C(O)C1(CNc2c(F)cc([N+](=O)[O-])cc2F)CC1. The molecule has 0 bridgehead atoms. The van der Waals surface area contributed by atoms with E-state index in [4.69, 9.17) is 5.11 Å². The zero-order valence-corrected chi connectivity index (χ0v) is 9.65. The summed E-state index contributed by atoms with van der Waals surface area (Å²) in [6.07, 6.45) is 0.872. The quantitative estimate of drug-likeness (QED) is 0.632. The summed E-state index contributed by atoms with van der Waals surface area (Å²) in [7, 11) is 0. The second-order valence-corrected chi connectivity index (χ2v) is 4.48. The molecule has 102 valence electrons. The molecule has 19 heavy (non-hydrogen) atoms. The number of carboxylic acid groups (broad SMARTS) is 1. The van der Waals surface area contributed by atoms with E-state index >= 15 is 0 Å². The Balaban J connectivity index is 2.17. The number of carboxylic acids is 1. The van der Waals surface area contributed by atoms with Crippen molar-refractivity contribution in [1.82, 2.24) is 0 Å². The van der Waals surface area contributed by atoms with Crippen molar-refractivity contribution in [2.24, 2.45) is 5.41 Å². The van der Waals surface area contributed by atoms with Gasteiger partial charge < -0.3 is 10.4 Å². The lowest BCUT2D eigenvalue weighted by molar-refractivity contribution is -0.385. The summed E-state index contributed by atoms with van der Waals surface area (Å²) in [6, 6.07) is 1.18. The highest BCUT2D eigenvalue weighted by Crippen LogP contribution is 2.46. The van der Waals surface area contributed by atoms with Gasteiger partial charge in [0.25, 0.3) is 5.69 Å². The van der Waals surface area contributed by atoms with E-state index in [9.17, 15) is 23.7 Å². The second kappa shape index (κ2) is 4.45. The Morgan fingerprint density at radius 3 is 2.32 bits per heavy atom. The van der Waals surface area contributed by atoms with Gasteiger partial charge in [-0.25, -0.2) is 8.78 Å². The molecule has 0 unspecified atom stereocenters. The highest BCUT2D eigenvalue weighted by atomic mass is 19.1. The van der Waals surface area contributed by atoms with E-state index in [-0.39, 0.29) is 6.54 Å². The number of hydrogen-bond acceptors (Lipinski definition) is 4. The summed E-state index contributed by atoms with van der Waals surface area (Å²) >= 11 is 0. The Morgan fingerprint density at radius 1 is 1.42 bits per heavy atom. The number of carbonyl (C=O) groups is 1. The lowest BCUT2D eigenvalue weighted by atomic mass is 10.1. The van der Waals surface area contributed by atoms with Crippen LogP contribution in [0.4, 0.5) is 20.2 Å². The molecular formula is C11H10F2N2O4. The van der Waals surface area contributed by atoms with Gasteiger partial charge in [0.1, 0.15) is 5.69 Å². The number of benzene rings is 1. The van der Waals surface area contributed by atoms with E-state index in [1.807, 2.05) is 0 Å². The van der Waals surface area contributed by atoms with Gasteiger partial charge >= 0.3 is 5.97 Å². The van der Waals surface area contributed by atoms with Gasteiger partial charge in [-0.3, -0.25) is 14.9 Å². The van der Waals surface area contributed by atoms with Gasteiger partial charge in [-0.1, -0.05) is 0 Å². The third-order valence-electron chi connectivity index (χ3n) is 3.15. The van der Waals surface area contributed by atoms with Crippen molar-refractivity contribution in [3.8, 4) is 0 Å². The molecule has 0 aromatic heterocycles. The van der Waals surface area contributed by atoms with Crippen LogP contribution in [-0.4, -0.2) is 22.5 Å². The highest BCUT2D eigenvalue weighted by molar-refractivity contribution is 5.78. The molecule has 1 aromatic carbocycles. The maximum absolute atomic E-state index is 13.5. The summed E-state index contributed by atoms with van der Waals surface area (Å²) < 4.78 is 27.0. The van der Waals surface area contributed by atoms with Crippen LogP contribution in [0.25, 0.3) is 0 Å². The molecule has 8 heteroatoms. The van der Waals surface area contributed by atoms with Crippen molar-refractivity contribution in [3.05, 3.63) is 33.9 Å². The largest absolute Gasteiger partial charge is 0.481 e. The lowest BCUT2D eigenvalue weighted by Gasteiger charge is -2.13. The molecule has 2 rings (SSSR count). The molecule has 2 N–H and O–H groups in total.